The van der Waals surface area contributed by atoms with Crippen LogP contribution in [0.5, 0.6) is 5.75 Å². The van der Waals surface area contributed by atoms with Gasteiger partial charge in [0.25, 0.3) is 5.91 Å². The fourth-order valence-electron chi connectivity index (χ4n) is 2.38. The van der Waals surface area contributed by atoms with Gasteiger partial charge >= 0.3 is 6.18 Å². The van der Waals surface area contributed by atoms with E-state index >= 15 is 0 Å². The number of hydrogen-bond donors (Lipinski definition) is 1. The van der Waals surface area contributed by atoms with Gasteiger partial charge < -0.3 is 14.5 Å². The highest BCUT2D eigenvalue weighted by Gasteiger charge is 2.33. The largest absolute Gasteiger partial charge is 0.484 e. The van der Waals surface area contributed by atoms with Gasteiger partial charge in [-0.1, -0.05) is 19.1 Å². The number of ether oxygens (including phenoxy) is 1. The van der Waals surface area contributed by atoms with E-state index in [9.17, 15) is 18.0 Å². The van der Waals surface area contributed by atoms with Crippen LogP contribution in [0.1, 0.15) is 18.4 Å². The lowest BCUT2D eigenvalue weighted by molar-refractivity contribution is -0.137. The molecule has 6 nitrogen and oxygen atoms in total. The normalized spacial score (nSPS) is 11.3. The highest BCUT2D eigenvalue weighted by molar-refractivity contribution is 5.92. The number of nitrogens with one attached hydrogen (secondary N) is 1. The lowest BCUT2D eigenvalue weighted by atomic mass is 10.1. The smallest absolute Gasteiger partial charge is 0.418 e. The fraction of sp³-hybridized carbons (Fsp3) is 0.211. The molecule has 0 unspecified atom stereocenters. The third-order valence-electron chi connectivity index (χ3n) is 3.75. The minimum atomic E-state index is -4.56. The van der Waals surface area contributed by atoms with Crippen molar-refractivity contribution < 1.29 is 27.1 Å². The molecule has 3 rings (SSSR count). The van der Waals surface area contributed by atoms with Gasteiger partial charge in [0.15, 0.2) is 6.61 Å². The number of para-hydroxylation sites is 1. The molecule has 2 aromatic carbocycles. The van der Waals surface area contributed by atoms with Crippen LogP contribution in [0.15, 0.2) is 52.9 Å². The minimum absolute atomic E-state index is 0.318. The summed E-state index contributed by atoms with van der Waals surface area (Å²) in [4.78, 5) is 12.0. The molecule has 0 aliphatic heterocycles. The number of amides is 1. The summed E-state index contributed by atoms with van der Waals surface area (Å²) in [6.07, 6.45) is -3.94. The van der Waals surface area contributed by atoms with E-state index in [4.69, 9.17) is 9.15 Å². The summed E-state index contributed by atoms with van der Waals surface area (Å²) in [5, 5.41) is 10.0. The average molecular weight is 391 g/mol. The predicted octanol–water partition coefficient (Wildman–Crippen LogP) is 4.34. The molecule has 0 bridgehead atoms. The summed E-state index contributed by atoms with van der Waals surface area (Å²) < 4.78 is 49.6. The number of aryl methyl sites for hydroxylation is 1. The van der Waals surface area contributed by atoms with Crippen LogP contribution in [0.2, 0.25) is 0 Å². The number of nitrogens with zero attached hydrogens (tertiary/aromatic N) is 2. The number of alkyl halides is 3. The third-order valence-corrected chi connectivity index (χ3v) is 3.75. The molecule has 1 heterocycles. The van der Waals surface area contributed by atoms with Crippen molar-refractivity contribution in [2.24, 2.45) is 0 Å². The number of anilines is 1. The molecule has 0 fully saturated rings. The first kappa shape index (κ1) is 19.4. The van der Waals surface area contributed by atoms with Crippen LogP contribution < -0.4 is 10.1 Å². The van der Waals surface area contributed by atoms with Crippen LogP contribution in [0.3, 0.4) is 0 Å². The van der Waals surface area contributed by atoms with Gasteiger partial charge in [-0.15, -0.1) is 10.2 Å². The molecule has 1 N–H and O–H groups in total. The van der Waals surface area contributed by atoms with Crippen LogP contribution in [0, 0.1) is 0 Å². The zero-order valence-corrected chi connectivity index (χ0v) is 14.8. The van der Waals surface area contributed by atoms with E-state index in [1.165, 1.54) is 18.2 Å². The van der Waals surface area contributed by atoms with Gasteiger partial charge in [0.1, 0.15) is 5.75 Å². The number of halogens is 3. The number of aromatic nitrogens is 2. The Labute approximate surface area is 158 Å². The molecule has 9 heteroatoms. The Kier molecular flexibility index (Phi) is 5.62. The Morgan fingerprint density at radius 3 is 2.46 bits per heavy atom. The van der Waals surface area contributed by atoms with E-state index < -0.39 is 24.3 Å². The molecule has 0 aliphatic rings. The predicted molar refractivity (Wildman–Crippen MR) is 94.7 cm³/mol. The molecule has 0 saturated carbocycles. The number of carbonyl (C=O) groups excluding carboxylic acids is 1. The maximum atomic E-state index is 13.0. The second-order valence-corrected chi connectivity index (χ2v) is 5.76. The molecule has 1 aromatic heterocycles. The van der Waals surface area contributed by atoms with Crippen molar-refractivity contribution in [3.8, 4) is 17.2 Å². The quantitative estimate of drug-likeness (QED) is 0.677. The molecule has 3 aromatic rings. The van der Waals surface area contributed by atoms with Crippen LogP contribution in [-0.4, -0.2) is 22.7 Å². The first-order valence-corrected chi connectivity index (χ1v) is 8.38. The van der Waals surface area contributed by atoms with E-state index in [0.717, 1.165) is 6.07 Å². The van der Waals surface area contributed by atoms with E-state index in [0.29, 0.717) is 29.5 Å². The van der Waals surface area contributed by atoms with Crippen molar-refractivity contribution in [3.63, 3.8) is 0 Å². The summed E-state index contributed by atoms with van der Waals surface area (Å²) in [6.45, 7) is 1.46. The van der Waals surface area contributed by atoms with E-state index in [1.807, 2.05) is 6.92 Å². The second-order valence-electron chi connectivity index (χ2n) is 5.76. The molecule has 0 atom stereocenters. The molecule has 28 heavy (non-hydrogen) atoms. The highest BCUT2D eigenvalue weighted by atomic mass is 19.4. The van der Waals surface area contributed by atoms with Gasteiger partial charge in [0.05, 0.1) is 11.3 Å². The Morgan fingerprint density at radius 1 is 1.11 bits per heavy atom. The topological polar surface area (TPSA) is 77.2 Å². The first-order valence-electron chi connectivity index (χ1n) is 8.38. The van der Waals surface area contributed by atoms with Crippen molar-refractivity contribution in [3.05, 3.63) is 60.0 Å². The Balaban J connectivity index is 1.59. The van der Waals surface area contributed by atoms with E-state index in [1.54, 1.807) is 24.3 Å². The first-order chi connectivity index (χ1) is 13.4. The van der Waals surface area contributed by atoms with Crippen molar-refractivity contribution >= 4 is 11.6 Å². The SMILES string of the molecule is CCc1nnc(-c2ccc(OCC(=O)Nc3ccccc3C(F)(F)F)cc2)o1. The molecule has 1 amide bonds. The molecule has 0 aliphatic carbocycles. The molecular weight excluding hydrogens is 375 g/mol. The van der Waals surface area contributed by atoms with Crippen molar-refractivity contribution in [1.82, 2.24) is 10.2 Å². The van der Waals surface area contributed by atoms with Gasteiger partial charge in [-0.3, -0.25) is 4.79 Å². The maximum Gasteiger partial charge on any atom is 0.418 e. The number of rotatable bonds is 6. The lowest BCUT2D eigenvalue weighted by Gasteiger charge is -2.13. The summed E-state index contributed by atoms with van der Waals surface area (Å²) in [6, 6.07) is 11.3. The fourth-order valence-corrected chi connectivity index (χ4v) is 2.38. The molecule has 0 spiro atoms. The van der Waals surface area contributed by atoms with Crippen LogP contribution in [0.25, 0.3) is 11.5 Å². The average Bonchev–Trinajstić information content (AvgIpc) is 3.16. The summed E-state index contributed by atoms with van der Waals surface area (Å²) in [5.74, 6) is 0.555. The highest BCUT2D eigenvalue weighted by Crippen LogP contribution is 2.34. The molecule has 146 valence electrons. The Morgan fingerprint density at radius 2 is 1.82 bits per heavy atom. The van der Waals surface area contributed by atoms with Crippen molar-refractivity contribution in [1.29, 1.82) is 0 Å². The monoisotopic (exact) mass is 391 g/mol. The molecule has 0 radical (unpaired) electrons. The summed E-state index contributed by atoms with van der Waals surface area (Å²) in [7, 11) is 0. The number of carbonyl (C=O) groups is 1. The zero-order chi connectivity index (χ0) is 20.1. The van der Waals surface area contributed by atoms with Crippen LogP contribution >= 0.6 is 0 Å². The van der Waals surface area contributed by atoms with E-state index in [2.05, 4.69) is 15.5 Å². The zero-order valence-electron chi connectivity index (χ0n) is 14.8. The van der Waals surface area contributed by atoms with Gasteiger partial charge in [-0.05, 0) is 36.4 Å². The van der Waals surface area contributed by atoms with Gasteiger partial charge in [0, 0.05) is 12.0 Å². The second kappa shape index (κ2) is 8.12. The Hall–Kier alpha value is -3.36. The Bertz CT molecular complexity index is 953. The minimum Gasteiger partial charge on any atom is -0.484 e. The number of benzene rings is 2. The maximum absolute atomic E-state index is 13.0. The van der Waals surface area contributed by atoms with Gasteiger partial charge in [0.2, 0.25) is 11.8 Å². The molecular formula is C19H16F3N3O3. The third kappa shape index (κ3) is 4.67. The molecule has 0 saturated heterocycles. The van der Waals surface area contributed by atoms with Gasteiger partial charge in [-0.2, -0.15) is 13.2 Å². The number of hydrogen-bond acceptors (Lipinski definition) is 5. The van der Waals surface area contributed by atoms with E-state index in [-0.39, 0.29) is 5.69 Å². The van der Waals surface area contributed by atoms with Gasteiger partial charge in [-0.25, -0.2) is 0 Å². The van der Waals surface area contributed by atoms with Crippen LogP contribution in [0.4, 0.5) is 18.9 Å². The summed E-state index contributed by atoms with van der Waals surface area (Å²) in [5.41, 5.74) is -0.552. The van der Waals surface area contributed by atoms with Crippen molar-refractivity contribution in [2.75, 3.05) is 11.9 Å². The van der Waals surface area contributed by atoms with Crippen molar-refractivity contribution in [2.45, 2.75) is 19.5 Å². The lowest BCUT2D eigenvalue weighted by Crippen LogP contribution is -2.22. The van der Waals surface area contributed by atoms with Crippen LogP contribution in [-0.2, 0) is 17.4 Å². The summed E-state index contributed by atoms with van der Waals surface area (Å²) >= 11 is 0. The standard InChI is InChI=1S/C19H16F3N3O3/c1-2-17-24-25-18(28-17)12-7-9-13(10-8-12)27-11-16(26)23-15-6-4-3-5-14(15)19(20,21)22/h3-10H,2,11H2,1H3,(H,23,26).